The van der Waals surface area contributed by atoms with Crippen LogP contribution in [0.4, 0.5) is 0 Å². The van der Waals surface area contributed by atoms with E-state index in [2.05, 4.69) is 36.4 Å². The van der Waals surface area contributed by atoms with Crippen LogP contribution in [0.1, 0.15) is 48.8 Å². The van der Waals surface area contributed by atoms with Crippen LogP contribution in [0.3, 0.4) is 0 Å². The summed E-state index contributed by atoms with van der Waals surface area (Å²) >= 11 is 1.70. The summed E-state index contributed by atoms with van der Waals surface area (Å²) in [4.78, 5) is 17.6. The first-order valence-corrected chi connectivity index (χ1v) is 7.58. The Morgan fingerprint density at radius 2 is 1.95 bits per heavy atom. The van der Waals surface area contributed by atoms with Crippen molar-refractivity contribution in [1.82, 2.24) is 15.6 Å². The number of thiazole rings is 1. The Bertz CT molecular complexity index is 428. The van der Waals surface area contributed by atoms with E-state index in [1.165, 1.54) is 4.88 Å². The van der Waals surface area contributed by atoms with Gasteiger partial charge in [-0.25, -0.2) is 4.98 Å². The zero-order valence-electron chi connectivity index (χ0n) is 12.7. The fraction of sp³-hybridized carbons (Fsp3) is 0.714. The van der Waals surface area contributed by atoms with E-state index in [9.17, 15) is 4.79 Å². The highest BCUT2D eigenvalue weighted by molar-refractivity contribution is 7.11. The highest BCUT2D eigenvalue weighted by Gasteiger charge is 2.22. The molecular weight excluding hydrogens is 258 g/mol. The van der Waals surface area contributed by atoms with E-state index in [0.717, 1.165) is 17.1 Å². The summed E-state index contributed by atoms with van der Waals surface area (Å²) in [5.74, 6) is 0.533. The van der Waals surface area contributed by atoms with Gasteiger partial charge in [0, 0.05) is 18.0 Å². The molecule has 0 saturated heterocycles. The second-order valence-electron chi connectivity index (χ2n) is 5.37. The zero-order valence-corrected chi connectivity index (χ0v) is 13.5. The molecule has 1 rings (SSSR count). The summed E-state index contributed by atoms with van der Waals surface area (Å²) in [6.07, 6.45) is 0.834. The van der Waals surface area contributed by atoms with Gasteiger partial charge >= 0.3 is 0 Å². The summed E-state index contributed by atoms with van der Waals surface area (Å²) in [6, 6.07) is -0.00550. The fourth-order valence-corrected chi connectivity index (χ4v) is 3.16. The monoisotopic (exact) mass is 283 g/mol. The third-order valence-corrected chi connectivity index (χ3v) is 4.31. The van der Waals surface area contributed by atoms with E-state index in [0.29, 0.717) is 5.92 Å². The standard InChI is InChI=1S/C14H25N3OS/c1-8(2)7-12(14(18)15-6)17-10(4)13-9(3)16-11(5)19-13/h8,10,12,17H,7H2,1-6H3,(H,15,18). The minimum atomic E-state index is -0.151. The Balaban J connectivity index is 2.78. The second-order valence-corrected chi connectivity index (χ2v) is 6.60. The highest BCUT2D eigenvalue weighted by Crippen LogP contribution is 2.25. The third-order valence-electron chi connectivity index (χ3n) is 3.05. The van der Waals surface area contributed by atoms with Crippen LogP contribution in [0.2, 0.25) is 0 Å². The van der Waals surface area contributed by atoms with Crippen LogP contribution in [0.5, 0.6) is 0 Å². The lowest BCUT2D eigenvalue weighted by molar-refractivity contribution is -0.123. The lowest BCUT2D eigenvalue weighted by Gasteiger charge is -2.23. The maximum Gasteiger partial charge on any atom is 0.236 e. The summed E-state index contributed by atoms with van der Waals surface area (Å²) in [5.41, 5.74) is 1.06. The Morgan fingerprint density at radius 3 is 2.37 bits per heavy atom. The molecule has 2 N–H and O–H groups in total. The molecule has 2 unspecified atom stereocenters. The summed E-state index contributed by atoms with van der Waals surface area (Å²) < 4.78 is 0. The Morgan fingerprint density at radius 1 is 1.32 bits per heavy atom. The molecule has 0 aliphatic heterocycles. The molecule has 19 heavy (non-hydrogen) atoms. The van der Waals surface area contributed by atoms with E-state index >= 15 is 0 Å². The van der Waals surface area contributed by atoms with Crippen LogP contribution in [0, 0.1) is 19.8 Å². The first-order chi connectivity index (χ1) is 8.85. The highest BCUT2D eigenvalue weighted by atomic mass is 32.1. The molecule has 5 heteroatoms. The number of likely N-dealkylation sites (N-methyl/N-ethyl adjacent to an activating group) is 1. The number of carbonyl (C=O) groups is 1. The van der Waals surface area contributed by atoms with Crippen molar-refractivity contribution in [3.8, 4) is 0 Å². The predicted molar refractivity (Wildman–Crippen MR) is 80.4 cm³/mol. The van der Waals surface area contributed by atoms with Gasteiger partial charge in [-0.05, 0) is 33.1 Å². The number of amides is 1. The maximum absolute atomic E-state index is 11.9. The van der Waals surface area contributed by atoms with Gasteiger partial charge in [0.1, 0.15) is 0 Å². The molecule has 1 amide bonds. The minimum Gasteiger partial charge on any atom is -0.358 e. The van der Waals surface area contributed by atoms with Gasteiger partial charge in [-0.2, -0.15) is 0 Å². The van der Waals surface area contributed by atoms with Crippen molar-refractivity contribution < 1.29 is 4.79 Å². The number of nitrogens with one attached hydrogen (secondary N) is 2. The van der Waals surface area contributed by atoms with E-state index in [1.807, 2.05) is 13.8 Å². The van der Waals surface area contributed by atoms with E-state index in [1.54, 1.807) is 18.4 Å². The lowest BCUT2D eigenvalue weighted by atomic mass is 10.0. The molecular formula is C14H25N3OS. The Labute approximate surface area is 120 Å². The van der Waals surface area contributed by atoms with Gasteiger partial charge in [0.15, 0.2) is 0 Å². The molecule has 0 aliphatic carbocycles. The number of aryl methyl sites for hydroxylation is 2. The van der Waals surface area contributed by atoms with Crippen molar-refractivity contribution in [2.45, 2.75) is 53.1 Å². The quantitative estimate of drug-likeness (QED) is 0.843. The molecule has 0 bridgehead atoms. The van der Waals surface area contributed by atoms with Gasteiger partial charge in [-0.1, -0.05) is 13.8 Å². The lowest BCUT2D eigenvalue weighted by Crippen LogP contribution is -2.44. The molecule has 0 spiro atoms. The molecule has 108 valence electrons. The number of aromatic nitrogens is 1. The van der Waals surface area contributed by atoms with Crippen LogP contribution < -0.4 is 10.6 Å². The van der Waals surface area contributed by atoms with Crippen LogP contribution in [0.15, 0.2) is 0 Å². The summed E-state index contributed by atoms with van der Waals surface area (Å²) in [7, 11) is 1.68. The smallest absolute Gasteiger partial charge is 0.236 e. The summed E-state index contributed by atoms with van der Waals surface area (Å²) in [6.45, 7) is 10.4. The van der Waals surface area contributed by atoms with Crippen molar-refractivity contribution in [2.75, 3.05) is 7.05 Å². The van der Waals surface area contributed by atoms with Crippen LogP contribution in [0.25, 0.3) is 0 Å². The molecule has 0 fully saturated rings. The molecule has 1 heterocycles. The van der Waals surface area contributed by atoms with Gasteiger partial charge in [0.2, 0.25) is 5.91 Å². The number of rotatable bonds is 6. The van der Waals surface area contributed by atoms with Crippen molar-refractivity contribution in [3.05, 3.63) is 15.6 Å². The van der Waals surface area contributed by atoms with Gasteiger partial charge in [0.25, 0.3) is 0 Å². The zero-order chi connectivity index (χ0) is 14.6. The molecule has 2 atom stereocenters. The average Bonchev–Trinajstić information content (AvgIpc) is 2.66. The predicted octanol–water partition coefficient (Wildman–Crippen LogP) is 2.57. The van der Waals surface area contributed by atoms with Crippen molar-refractivity contribution in [2.24, 2.45) is 5.92 Å². The Hall–Kier alpha value is -0.940. The minimum absolute atomic E-state index is 0.0550. The summed E-state index contributed by atoms with van der Waals surface area (Å²) in [5, 5.41) is 7.23. The normalized spacial score (nSPS) is 14.5. The van der Waals surface area contributed by atoms with Crippen molar-refractivity contribution in [3.63, 3.8) is 0 Å². The average molecular weight is 283 g/mol. The molecule has 4 nitrogen and oxygen atoms in total. The second kappa shape index (κ2) is 7.01. The topological polar surface area (TPSA) is 54.0 Å². The molecule has 0 saturated carbocycles. The SMILES string of the molecule is CNC(=O)C(CC(C)C)NC(C)c1sc(C)nc1C. The number of nitrogens with zero attached hydrogens (tertiary/aromatic N) is 1. The first kappa shape index (κ1) is 16.1. The van der Waals surface area contributed by atoms with Crippen molar-refractivity contribution in [1.29, 1.82) is 0 Å². The maximum atomic E-state index is 11.9. The largest absolute Gasteiger partial charge is 0.358 e. The van der Waals surface area contributed by atoms with Crippen LogP contribution in [-0.2, 0) is 4.79 Å². The number of carbonyl (C=O) groups excluding carboxylic acids is 1. The van der Waals surface area contributed by atoms with Gasteiger partial charge in [0.05, 0.1) is 16.7 Å². The molecule has 1 aromatic rings. The first-order valence-electron chi connectivity index (χ1n) is 6.76. The molecule has 0 aromatic carbocycles. The van der Waals surface area contributed by atoms with Crippen LogP contribution >= 0.6 is 11.3 Å². The van der Waals surface area contributed by atoms with Crippen LogP contribution in [-0.4, -0.2) is 24.0 Å². The number of hydrogen-bond donors (Lipinski definition) is 2. The molecule has 0 aliphatic rings. The Kier molecular flexibility index (Phi) is 5.94. The third kappa shape index (κ3) is 4.58. The van der Waals surface area contributed by atoms with E-state index < -0.39 is 0 Å². The van der Waals surface area contributed by atoms with Gasteiger partial charge < -0.3 is 5.32 Å². The number of hydrogen-bond acceptors (Lipinski definition) is 4. The molecule has 1 aromatic heterocycles. The fourth-order valence-electron chi connectivity index (χ4n) is 2.22. The van der Waals surface area contributed by atoms with E-state index in [4.69, 9.17) is 0 Å². The van der Waals surface area contributed by atoms with Gasteiger partial charge in [-0.3, -0.25) is 10.1 Å². The molecule has 0 radical (unpaired) electrons. The van der Waals surface area contributed by atoms with Crippen molar-refractivity contribution >= 4 is 17.2 Å². The van der Waals surface area contributed by atoms with Gasteiger partial charge in [-0.15, -0.1) is 11.3 Å². The van der Waals surface area contributed by atoms with E-state index in [-0.39, 0.29) is 18.0 Å².